The minimum absolute atomic E-state index is 0.0910. The van der Waals surface area contributed by atoms with Gasteiger partial charge in [-0.25, -0.2) is 0 Å². The Labute approximate surface area is 179 Å². The van der Waals surface area contributed by atoms with Gasteiger partial charge >= 0.3 is 179 Å². The molecular formula is C20H25BF3N5S. The van der Waals surface area contributed by atoms with Gasteiger partial charge in [-0.1, -0.05) is 0 Å². The second-order valence-electron chi connectivity index (χ2n) is 7.13. The molecule has 0 saturated heterocycles. The third-order valence-electron chi connectivity index (χ3n) is 5.04. The van der Waals surface area contributed by atoms with Crippen molar-refractivity contribution in [2.75, 3.05) is 23.4 Å². The summed E-state index contributed by atoms with van der Waals surface area (Å²) in [7, 11) is 0. The molecule has 160 valence electrons. The molecule has 1 aliphatic rings. The van der Waals surface area contributed by atoms with Crippen LogP contribution in [0.25, 0.3) is 11.3 Å². The fraction of sp³-hybridized carbons (Fsp3) is 0.500. The molecular weight excluding hydrogens is 410 g/mol. The van der Waals surface area contributed by atoms with Gasteiger partial charge in [0.15, 0.2) is 0 Å². The molecule has 2 N–H and O–H groups in total. The average molecular weight is 435 g/mol. The summed E-state index contributed by atoms with van der Waals surface area (Å²) in [4.78, 5) is 12.4. The van der Waals surface area contributed by atoms with Gasteiger partial charge in [0.1, 0.15) is 0 Å². The van der Waals surface area contributed by atoms with Crippen LogP contribution in [0.4, 0.5) is 24.9 Å². The average Bonchev–Trinajstić information content (AvgIpc) is 2.76. The summed E-state index contributed by atoms with van der Waals surface area (Å²) in [5.74, 6) is 0.939. The van der Waals surface area contributed by atoms with Crippen LogP contribution in [0.1, 0.15) is 32.6 Å². The van der Waals surface area contributed by atoms with Crippen molar-refractivity contribution < 1.29 is 13.2 Å². The van der Waals surface area contributed by atoms with Crippen molar-refractivity contribution in [2.45, 2.75) is 50.1 Å². The summed E-state index contributed by atoms with van der Waals surface area (Å²) < 4.78 is 41.4. The van der Waals surface area contributed by atoms with Crippen LogP contribution in [0.15, 0.2) is 24.3 Å². The summed E-state index contributed by atoms with van der Waals surface area (Å²) in [6.45, 7) is 3.07. The summed E-state index contributed by atoms with van der Waals surface area (Å²) in [5.41, 5.74) is -0.328. The SMILES string of the molecule is CCC(SC)C(F)CNc1ncc(-c2cbc(F)c(F)n2)c(NC2CC=CCC2)n1. The first kappa shape index (κ1) is 22.6. The van der Waals surface area contributed by atoms with E-state index in [4.69, 9.17) is 0 Å². The first-order chi connectivity index (χ1) is 14.5. The molecule has 2 aromatic rings. The molecule has 0 fully saturated rings. The number of thioether (sulfide) groups is 1. The van der Waals surface area contributed by atoms with Crippen LogP contribution in [0.3, 0.4) is 0 Å². The summed E-state index contributed by atoms with van der Waals surface area (Å²) in [6, 6.07) is 0.150. The van der Waals surface area contributed by atoms with Gasteiger partial charge in [-0.05, 0) is 0 Å². The molecule has 1 aliphatic carbocycles. The number of hydrogen-bond acceptors (Lipinski definition) is 6. The fourth-order valence-electron chi connectivity index (χ4n) is 3.34. The van der Waals surface area contributed by atoms with Crippen LogP contribution in [0, 0.1) is 11.7 Å². The van der Waals surface area contributed by atoms with Crippen LogP contribution in [0.2, 0.25) is 0 Å². The van der Waals surface area contributed by atoms with E-state index in [-0.39, 0.29) is 29.5 Å². The van der Waals surface area contributed by atoms with E-state index >= 15 is 0 Å². The van der Waals surface area contributed by atoms with Crippen LogP contribution in [0.5, 0.6) is 0 Å². The van der Waals surface area contributed by atoms with E-state index in [2.05, 4.69) is 37.7 Å². The van der Waals surface area contributed by atoms with E-state index in [0.717, 1.165) is 32.6 Å². The van der Waals surface area contributed by atoms with Crippen molar-refractivity contribution in [3.8, 4) is 11.3 Å². The molecule has 0 radical (unpaired) electrons. The molecule has 0 spiro atoms. The zero-order chi connectivity index (χ0) is 21.5. The van der Waals surface area contributed by atoms with Gasteiger partial charge in [0.05, 0.1) is 0 Å². The van der Waals surface area contributed by atoms with E-state index in [1.54, 1.807) is 0 Å². The number of aromatic nitrogens is 3. The van der Waals surface area contributed by atoms with Gasteiger partial charge in [0.2, 0.25) is 0 Å². The zero-order valence-electron chi connectivity index (χ0n) is 17.0. The topological polar surface area (TPSA) is 62.7 Å². The Balaban J connectivity index is 1.84. The van der Waals surface area contributed by atoms with E-state index in [9.17, 15) is 13.2 Å². The molecule has 0 amide bonds. The molecule has 3 rings (SSSR count). The first-order valence-electron chi connectivity index (χ1n) is 10.0. The molecule has 2 aromatic heterocycles. The fourth-order valence-corrected chi connectivity index (χ4v) is 4.07. The number of halogens is 3. The third-order valence-corrected chi connectivity index (χ3v) is 6.28. The maximum absolute atomic E-state index is 14.4. The number of nitrogens with one attached hydrogen (secondary N) is 2. The Hall–Kier alpha value is -2.10. The third kappa shape index (κ3) is 5.74. The second kappa shape index (κ2) is 10.8. The summed E-state index contributed by atoms with van der Waals surface area (Å²) in [5, 5.41) is 6.21. The molecule has 0 aromatic carbocycles. The van der Waals surface area contributed by atoms with Crippen LogP contribution in [-0.2, 0) is 0 Å². The van der Waals surface area contributed by atoms with Gasteiger partial charge in [-0.3, -0.25) is 0 Å². The number of allylic oxidation sites excluding steroid dienone is 1. The van der Waals surface area contributed by atoms with Gasteiger partial charge < -0.3 is 0 Å². The van der Waals surface area contributed by atoms with Crippen molar-refractivity contribution >= 4 is 30.4 Å². The molecule has 3 atom stereocenters. The van der Waals surface area contributed by atoms with Crippen LogP contribution < -0.4 is 10.6 Å². The Morgan fingerprint density at radius 2 is 2.13 bits per heavy atom. The van der Waals surface area contributed by atoms with Gasteiger partial charge in [0.25, 0.3) is 0 Å². The Morgan fingerprint density at radius 3 is 2.80 bits per heavy atom. The van der Waals surface area contributed by atoms with Crippen molar-refractivity contribution in [1.82, 2.24) is 15.0 Å². The molecule has 0 saturated carbocycles. The Bertz CT molecular complexity index is 882. The maximum atomic E-state index is 14.4. The molecule has 0 aliphatic heterocycles. The summed E-state index contributed by atoms with van der Waals surface area (Å²) in [6.07, 6.45) is 9.99. The standard InChI is InChI=1S/C20H25BF3N5S/c1-3-16(30-2)14(22)11-26-20-25-10-13(15-9-21-17(23)18(24)28-15)19(29-20)27-12-7-5-4-6-8-12/h4-5,9-10,12,14,16H,3,6-8,11H2,1-2H3,(H2,25,26,27,29). The number of alkyl halides is 1. The number of rotatable bonds is 9. The van der Waals surface area contributed by atoms with E-state index in [1.165, 1.54) is 23.9 Å². The summed E-state index contributed by atoms with van der Waals surface area (Å²) >= 11 is 1.49. The Kier molecular flexibility index (Phi) is 8.12. The van der Waals surface area contributed by atoms with Crippen LogP contribution >= 0.6 is 11.8 Å². The van der Waals surface area contributed by atoms with Crippen molar-refractivity contribution in [3.05, 3.63) is 36.0 Å². The zero-order valence-corrected chi connectivity index (χ0v) is 17.9. The number of anilines is 2. The first-order valence-corrected chi connectivity index (χ1v) is 11.3. The van der Waals surface area contributed by atoms with E-state index in [0.29, 0.717) is 11.4 Å². The van der Waals surface area contributed by atoms with Gasteiger partial charge in [0, 0.05) is 0 Å². The van der Waals surface area contributed by atoms with Crippen molar-refractivity contribution in [3.63, 3.8) is 0 Å². The molecule has 0 bridgehead atoms. The van der Waals surface area contributed by atoms with E-state index in [1.807, 2.05) is 13.2 Å². The molecule has 30 heavy (non-hydrogen) atoms. The predicted octanol–water partition coefficient (Wildman–Crippen LogP) is 4.57. The predicted molar refractivity (Wildman–Crippen MR) is 118 cm³/mol. The molecule has 5 nitrogen and oxygen atoms in total. The van der Waals surface area contributed by atoms with Crippen molar-refractivity contribution in [1.29, 1.82) is 0 Å². The quantitative estimate of drug-likeness (QED) is 0.563. The monoisotopic (exact) mass is 435 g/mol. The normalized spacial score (nSPS) is 18.0. The van der Waals surface area contributed by atoms with Gasteiger partial charge in [-0.15, -0.1) is 0 Å². The molecule has 2 heterocycles. The number of hydrogen-bond donors (Lipinski definition) is 2. The van der Waals surface area contributed by atoms with Gasteiger partial charge in [-0.2, -0.15) is 0 Å². The Morgan fingerprint density at radius 1 is 1.30 bits per heavy atom. The van der Waals surface area contributed by atoms with Crippen molar-refractivity contribution in [2.24, 2.45) is 0 Å². The van der Waals surface area contributed by atoms with E-state index < -0.39 is 17.8 Å². The second-order valence-corrected chi connectivity index (χ2v) is 8.21. The minimum atomic E-state index is -1.18. The number of nitrogens with zero attached hydrogens (tertiary/aromatic N) is 3. The molecule has 10 heteroatoms. The molecule has 3 unspecified atom stereocenters. The van der Waals surface area contributed by atoms with Crippen LogP contribution in [-0.4, -0.2) is 52.1 Å².